The quantitative estimate of drug-likeness (QED) is 0.473. The molecular weight excluding hydrogens is 392 g/mol. The molecule has 6 heteroatoms. The van der Waals surface area contributed by atoms with Crippen LogP contribution in [-0.2, 0) is 6.42 Å². The number of aryl methyl sites for hydroxylation is 1. The third kappa shape index (κ3) is 5.87. The van der Waals surface area contributed by atoms with Crippen LogP contribution in [0.25, 0.3) is 10.9 Å². The molecule has 0 fully saturated rings. The Morgan fingerprint density at radius 3 is 2.55 bits per heavy atom. The number of carbonyl (C=O) groups is 1. The lowest BCUT2D eigenvalue weighted by molar-refractivity contribution is 0.0942. The van der Waals surface area contributed by atoms with Crippen molar-refractivity contribution < 1.29 is 14.3 Å². The molecule has 0 radical (unpaired) electrons. The van der Waals surface area contributed by atoms with Crippen molar-refractivity contribution in [1.29, 1.82) is 0 Å². The molecule has 2 aromatic carbocycles. The Balaban J connectivity index is 1.82. The molecule has 3 rings (SSSR count). The lowest BCUT2D eigenvalue weighted by atomic mass is 10.0. The minimum Gasteiger partial charge on any atom is -0.490 e. The number of para-hydroxylation sites is 1. The van der Waals surface area contributed by atoms with E-state index in [9.17, 15) is 9.59 Å². The second-order valence-corrected chi connectivity index (χ2v) is 7.78. The molecule has 0 spiro atoms. The largest absolute Gasteiger partial charge is 0.490 e. The van der Waals surface area contributed by atoms with Crippen LogP contribution in [0.3, 0.4) is 0 Å². The number of aromatic nitrogens is 1. The number of unbranched alkanes of at least 4 members (excludes halogenated alkanes) is 1. The molecule has 0 aliphatic carbocycles. The van der Waals surface area contributed by atoms with Gasteiger partial charge in [0.25, 0.3) is 5.91 Å². The fourth-order valence-corrected chi connectivity index (χ4v) is 3.33. The Bertz CT molecular complexity index is 1070. The van der Waals surface area contributed by atoms with Gasteiger partial charge in [-0.25, -0.2) is 0 Å². The average Bonchev–Trinajstić information content (AvgIpc) is 2.75. The van der Waals surface area contributed by atoms with Crippen LogP contribution in [0.1, 0.15) is 49.5 Å². The Hall–Kier alpha value is -3.28. The molecule has 1 aromatic heterocycles. The van der Waals surface area contributed by atoms with E-state index in [2.05, 4.69) is 17.2 Å². The Kier molecular flexibility index (Phi) is 7.70. The number of ether oxygens (including phenoxy) is 2. The summed E-state index contributed by atoms with van der Waals surface area (Å²) >= 11 is 0. The van der Waals surface area contributed by atoms with Crippen LogP contribution in [0.15, 0.2) is 53.5 Å². The molecule has 0 unspecified atom stereocenters. The molecule has 1 amide bonds. The molecule has 3 aromatic rings. The summed E-state index contributed by atoms with van der Waals surface area (Å²) in [6.45, 7) is 6.65. The van der Waals surface area contributed by atoms with Crippen LogP contribution in [0.4, 0.5) is 0 Å². The fourth-order valence-electron chi connectivity index (χ4n) is 3.33. The second-order valence-electron chi connectivity index (χ2n) is 7.78. The van der Waals surface area contributed by atoms with Crippen LogP contribution in [-0.4, -0.2) is 30.1 Å². The molecule has 0 aliphatic rings. The summed E-state index contributed by atoms with van der Waals surface area (Å²) in [5.74, 6) is 1.16. The number of benzene rings is 2. The van der Waals surface area contributed by atoms with Gasteiger partial charge in [-0.1, -0.05) is 31.5 Å². The zero-order chi connectivity index (χ0) is 22.2. The standard InChI is InChI=1S/C25H30N2O4/c1-4-5-9-18-14-20-22(26-16-21(24(20)28)25(29)27-17(2)3)15-23(18)31-13-12-30-19-10-7-6-8-11-19/h6-8,10-11,14-17H,4-5,9,12-13H2,1-3H3,(H,26,28)(H,27,29). The van der Waals surface area contributed by atoms with E-state index >= 15 is 0 Å². The highest BCUT2D eigenvalue weighted by Gasteiger charge is 2.16. The first-order valence-electron chi connectivity index (χ1n) is 10.8. The first-order valence-corrected chi connectivity index (χ1v) is 10.8. The lowest BCUT2D eigenvalue weighted by Crippen LogP contribution is -2.33. The molecule has 0 bridgehead atoms. The van der Waals surface area contributed by atoms with Crippen LogP contribution in [0.5, 0.6) is 11.5 Å². The van der Waals surface area contributed by atoms with E-state index in [1.807, 2.05) is 56.3 Å². The van der Waals surface area contributed by atoms with E-state index in [-0.39, 0.29) is 22.9 Å². The average molecular weight is 423 g/mol. The van der Waals surface area contributed by atoms with Gasteiger partial charge in [-0.3, -0.25) is 9.59 Å². The molecule has 2 N–H and O–H groups in total. The monoisotopic (exact) mass is 422 g/mol. The molecule has 1 heterocycles. The van der Waals surface area contributed by atoms with Gasteiger partial charge in [-0.15, -0.1) is 0 Å². The van der Waals surface area contributed by atoms with Crippen molar-refractivity contribution in [2.24, 2.45) is 0 Å². The normalized spacial score (nSPS) is 11.0. The van der Waals surface area contributed by atoms with E-state index in [1.165, 1.54) is 6.20 Å². The van der Waals surface area contributed by atoms with Gasteiger partial charge in [0.05, 0.1) is 5.52 Å². The summed E-state index contributed by atoms with van der Waals surface area (Å²) in [5.41, 5.74) is 1.45. The maximum atomic E-state index is 13.0. The maximum absolute atomic E-state index is 13.0. The van der Waals surface area contributed by atoms with Crippen molar-refractivity contribution in [1.82, 2.24) is 10.3 Å². The van der Waals surface area contributed by atoms with Gasteiger partial charge in [0, 0.05) is 23.7 Å². The molecule has 0 saturated carbocycles. The molecule has 164 valence electrons. The van der Waals surface area contributed by atoms with Crippen LogP contribution >= 0.6 is 0 Å². The summed E-state index contributed by atoms with van der Waals surface area (Å²) in [7, 11) is 0. The first kappa shape index (κ1) is 22.4. The number of rotatable bonds is 10. The molecule has 0 aliphatic heterocycles. The zero-order valence-electron chi connectivity index (χ0n) is 18.4. The zero-order valence-corrected chi connectivity index (χ0v) is 18.4. The number of hydrogen-bond donors (Lipinski definition) is 2. The minimum atomic E-state index is -0.369. The van der Waals surface area contributed by atoms with Gasteiger partial charge < -0.3 is 19.8 Å². The van der Waals surface area contributed by atoms with E-state index in [1.54, 1.807) is 0 Å². The van der Waals surface area contributed by atoms with Gasteiger partial charge >= 0.3 is 0 Å². The Morgan fingerprint density at radius 2 is 1.84 bits per heavy atom. The highest BCUT2D eigenvalue weighted by Crippen LogP contribution is 2.25. The van der Waals surface area contributed by atoms with E-state index < -0.39 is 0 Å². The summed E-state index contributed by atoms with van der Waals surface area (Å²) in [4.78, 5) is 28.4. The van der Waals surface area contributed by atoms with Crippen molar-refractivity contribution in [2.45, 2.75) is 46.1 Å². The molecule has 31 heavy (non-hydrogen) atoms. The number of pyridine rings is 1. The predicted molar refractivity (Wildman–Crippen MR) is 123 cm³/mol. The highest BCUT2D eigenvalue weighted by molar-refractivity contribution is 5.97. The summed E-state index contributed by atoms with van der Waals surface area (Å²) in [5, 5.41) is 3.27. The Labute approximate surface area is 182 Å². The lowest BCUT2D eigenvalue weighted by Gasteiger charge is -2.14. The SMILES string of the molecule is CCCCc1cc2c(=O)c(C(=O)NC(C)C)c[nH]c2cc1OCCOc1ccccc1. The number of nitrogens with one attached hydrogen (secondary N) is 2. The van der Waals surface area contributed by atoms with Gasteiger partial charge in [-0.2, -0.15) is 0 Å². The Morgan fingerprint density at radius 1 is 1.10 bits per heavy atom. The summed E-state index contributed by atoms with van der Waals surface area (Å²) in [6, 6.07) is 13.2. The van der Waals surface area contributed by atoms with Crippen LogP contribution in [0.2, 0.25) is 0 Å². The van der Waals surface area contributed by atoms with Crippen molar-refractivity contribution >= 4 is 16.8 Å². The number of H-pyrrole nitrogens is 1. The van der Waals surface area contributed by atoms with Crippen LogP contribution < -0.4 is 20.2 Å². The smallest absolute Gasteiger partial charge is 0.256 e. The van der Waals surface area contributed by atoms with Gasteiger partial charge in [-0.05, 0) is 50.5 Å². The fraction of sp³-hybridized carbons (Fsp3) is 0.360. The maximum Gasteiger partial charge on any atom is 0.256 e. The third-order valence-electron chi connectivity index (χ3n) is 4.88. The van der Waals surface area contributed by atoms with Crippen LogP contribution in [0, 0.1) is 0 Å². The molecule has 0 atom stereocenters. The third-order valence-corrected chi connectivity index (χ3v) is 4.88. The van der Waals surface area contributed by atoms with Crippen molar-refractivity contribution in [3.63, 3.8) is 0 Å². The number of carbonyl (C=O) groups excluding carboxylic acids is 1. The summed E-state index contributed by atoms with van der Waals surface area (Å²) in [6.07, 6.45) is 4.27. The topological polar surface area (TPSA) is 80.4 Å². The van der Waals surface area contributed by atoms with Gasteiger partial charge in [0.2, 0.25) is 5.43 Å². The van der Waals surface area contributed by atoms with Crippen molar-refractivity contribution in [3.05, 3.63) is 70.0 Å². The second kappa shape index (κ2) is 10.7. The number of hydrogen-bond acceptors (Lipinski definition) is 4. The number of amides is 1. The van der Waals surface area contributed by atoms with E-state index in [0.29, 0.717) is 24.1 Å². The van der Waals surface area contributed by atoms with E-state index in [0.717, 1.165) is 36.3 Å². The van der Waals surface area contributed by atoms with Gasteiger partial charge in [0.1, 0.15) is 30.3 Å². The predicted octanol–water partition coefficient (Wildman–Crippen LogP) is 4.47. The number of aromatic amines is 1. The molecule has 6 nitrogen and oxygen atoms in total. The minimum absolute atomic E-state index is 0.0448. The number of fused-ring (bicyclic) bond motifs is 1. The first-order chi connectivity index (χ1) is 15.0. The van der Waals surface area contributed by atoms with E-state index in [4.69, 9.17) is 9.47 Å². The summed E-state index contributed by atoms with van der Waals surface area (Å²) < 4.78 is 11.7. The molecular formula is C25H30N2O4. The highest BCUT2D eigenvalue weighted by atomic mass is 16.5. The van der Waals surface area contributed by atoms with Crippen molar-refractivity contribution in [2.75, 3.05) is 13.2 Å². The molecule has 0 saturated heterocycles. The van der Waals surface area contributed by atoms with Gasteiger partial charge in [0.15, 0.2) is 0 Å². The van der Waals surface area contributed by atoms with Crippen molar-refractivity contribution in [3.8, 4) is 11.5 Å².